The summed E-state index contributed by atoms with van der Waals surface area (Å²) in [4.78, 5) is 27.3. The lowest BCUT2D eigenvalue weighted by Gasteiger charge is -2.35. The van der Waals surface area contributed by atoms with E-state index in [4.69, 9.17) is 15.2 Å². The number of fused-ring (bicyclic) bond motifs is 1. The summed E-state index contributed by atoms with van der Waals surface area (Å²) in [5.74, 6) is 0.719. The van der Waals surface area contributed by atoms with E-state index in [1.54, 1.807) is 14.2 Å². The van der Waals surface area contributed by atoms with Crippen molar-refractivity contribution in [3.63, 3.8) is 0 Å². The molecule has 2 N–H and O–H groups in total. The molecule has 31 heavy (non-hydrogen) atoms. The van der Waals surface area contributed by atoms with Crippen molar-refractivity contribution in [2.45, 2.75) is 25.9 Å². The van der Waals surface area contributed by atoms with Gasteiger partial charge in [0.15, 0.2) is 11.5 Å². The van der Waals surface area contributed by atoms with E-state index in [2.05, 4.69) is 4.90 Å². The van der Waals surface area contributed by atoms with Gasteiger partial charge in [0.05, 0.1) is 18.3 Å². The summed E-state index contributed by atoms with van der Waals surface area (Å²) in [5, 5.41) is 0.861. The minimum atomic E-state index is -0.702. The number of hydrogen-bond donors (Lipinski definition) is 1. The van der Waals surface area contributed by atoms with Gasteiger partial charge in [-0.25, -0.2) is 0 Å². The van der Waals surface area contributed by atoms with E-state index in [0.717, 1.165) is 35.1 Å². The van der Waals surface area contributed by atoms with E-state index in [1.165, 1.54) is 4.57 Å². The zero-order valence-electron chi connectivity index (χ0n) is 18.1. The van der Waals surface area contributed by atoms with E-state index in [-0.39, 0.29) is 17.2 Å². The standard InChI is InChI=1S/C24H27N3O4/c1-15-8-9-18-17(14-15)22(21(23(25)28)24(29)26(18)2)27-12-10-16(11-13-27)31-20-7-5-4-6-19(20)30-3/h4-9,14,16H,10-13H2,1-3H3,(H2,25,28). The highest BCUT2D eigenvalue weighted by molar-refractivity contribution is 6.07. The molecule has 1 amide bonds. The van der Waals surface area contributed by atoms with Crippen LogP contribution in [0.25, 0.3) is 10.9 Å². The predicted molar refractivity (Wildman–Crippen MR) is 121 cm³/mol. The van der Waals surface area contributed by atoms with Gasteiger partial charge in [0.2, 0.25) is 0 Å². The molecule has 1 saturated heterocycles. The van der Waals surface area contributed by atoms with Gasteiger partial charge in [0.25, 0.3) is 11.5 Å². The van der Waals surface area contributed by atoms with Gasteiger partial charge in [-0.15, -0.1) is 0 Å². The van der Waals surface area contributed by atoms with E-state index in [0.29, 0.717) is 24.5 Å². The van der Waals surface area contributed by atoms with Crippen LogP contribution in [0.4, 0.5) is 5.69 Å². The van der Waals surface area contributed by atoms with Crippen LogP contribution in [-0.2, 0) is 7.05 Å². The van der Waals surface area contributed by atoms with Crippen molar-refractivity contribution in [3.8, 4) is 11.5 Å². The zero-order chi connectivity index (χ0) is 22.1. The number of nitrogens with two attached hydrogens (primary N) is 1. The maximum absolute atomic E-state index is 12.9. The number of methoxy groups -OCH3 is 1. The molecule has 2 aromatic carbocycles. The number of anilines is 1. The second kappa shape index (κ2) is 8.34. The molecule has 7 nitrogen and oxygen atoms in total. The minimum absolute atomic E-state index is 0.0177. The number of aryl methyl sites for hydroxylation is 2. The zero-order valence-corrected chi connectivity index (χ0v) is 18.1. The molecule has 0 saturated carbocycles. The van der Waals surface area contributed by atoms with Crippen molar-refractivity contribution in [2.75, 3.05) is 25.1 Å². The highest BCUT2D eigenvalue weighted by Gasteiger charge is 2.28. The van der Waals surface area contributed by atoms with Crippen LogP contribution in [0.3, 0.4) is 0 Å². The van der Waals surface area contributed by atoms with Crippen molar-refractivity contribution >= 4 is 22.5 Å². The Morgan fingerprint density at radius 3 is 2.42 bits per heavy atom. The number of carbonyl (C=O) groups excluding carboxylic acids is 1. The van der Waals surface area contributed by atoms with Crippen molar-refractivity contribution in [2.24, 2.45) is 12.8 Å². The molecule has 0 unspecified atom stereocenters. The maximum atomic E-state index is 12.9. The average molecular weight is 421 g/mol. The fourth-order valence-corrected chi connectivity index (χ4v) is 4.29. The molecule has 162 valence electrons. The van der Waals surface area contributed by atoms with Crippen molar-refractivity contribution in [1.29, 1.82) is 0 Å². The molecule has 4 rings (SSSR count). The van der Waals surface area contributed by atoms with Crippen LogP contribution in [0.5, 0.6) is 11.5 Å². The number of para-hydroxylation sites is 2. The number of nitrogens with zero attached hydrogens (tertiary/aromatic N) is 2. The lowest BCUT2D eigenvalue weighted by molar-refractivity contribution is 0.0999. The lowest BCUT2D eigenvalue weighted by Crippen LogP contribution is -2.41. The first-order valence-corrected chi connectivity index (χ1v) is 10.4. The molecule has 7 heteroatoms. The van der Waals surface area contributed by atoms with Crippen molar-refractivity contribution in [3.05, 3.63) is 63.9 Å². The SMILES string of the molecule is COc1ccccc1OC1CCN(c2c(C(N)=O)c(=O)n(C)c3ccc(C)cc23)CC1. The first kappa shape index (κ1) is 20.8. The predicted octanol–water partition coefficient (Wildman–Crippen LogP) is 3.00. The van der Waals surface area contributed by atoms with Gasteiger partial charge in [0.1, 0.15) is 11.7 Å². The van der Waals surface area contributed by atoms with E-state index in [9.17, 15) is 9.59 Å². The maximum Gasteiger partial charge on any atom is 0.265 e. The molecule has 0 spiro atoms. The number of ether oxygens (including phenoxy) is 2. The van der Waals surface area contributed by atoms with E-state index in [1.807, 2.05) is 49.4 Å². The second-order valence-electron chi connectivity index (χ2n) is 7.93. The summed E-state index contributed by atoms with van der Waals surface area (Å²) in [6.07, 6.45) is 1.52. The van der Waals surface area contributed by atoms with Gasteiger partial charge in [-0.2, -0.15) is 0 Å². The fourth-order valence-electron chi connectivity index (χ4n) is 4.29. The van der Waals surface area contributed by atoms with Gasteiger partial charge in [-0.3, -0.25) is 9.59 Å². The molecule has 0 aliphatic carbocycles. The lowest BCUT2D eigenvalue weighted by atomic mass is 10.0. The number of benzene rings is 2. The summed E-state index contributed by atoms with van der Waals surface area (Å²) in [6.45, 7) is 3.29. The Hall–Kier alpha value is -3.48. The van der Waals surface area contributed by atoms with E-state index >= 15 is 0 Å². The third-order valence-corrected chi connectivity index (χ3v) is 5.89. The first-order valence-electron chi connectivity index (χ1n) is 10.4. The van der Waals surface area contributed by atoms with Gasteiger partial charge in [-0.05, 0) is 31.2 Å². The molecule has 3 aromatic rings. The number of primary amides is 1. The molecule has 2 heterocycles. The second-order valence-corrected chi connectivity index (χ2v) is 7.93. The molecule has 1 aliphatic heterocycles. The molecular weight excluding hydrogens is 394 g/mol. The van der Waals surface area contributed by atoms with Gasteiger partial charge >= 0.3 is 0 Å². The van der Waals surface area contributed by atoms with Crippen molar-refractivity contribution < 1.29 is 14.3 Å². The molecule has 1 aromatic heterocycles. The number of aromatic nitrogens is 1. The summed E-state index contributed by atoms with van der Waals surface area (Å²) in [6, 6.07) is 13.5. The van der Waals surface area contributed by atoms with E-state index < -0.39 is 5.91 Å². The fraction of sp³-hybridized carbons (Fsp3) is 0.333. The van der Waals surface area contributed by atoms with Crippen LogP contribution >= 0.6 is 0 Å². The Morgan fingerprint density at radius 1 is 1.10 bits per heavy atom. The Bertz CT molecular complexity index is 1190. The Balaban J connectivity index is 1.67. The Kier molecular flexibility index (Phi) is 5.59. The third-order valence-electron chi connectivity index (χ3n) is 5.89. The van der Waals surface area contributed by atoms with Gasteiger partial charge in [-0.1, -0.05) is 23.8 Å². The highest BCUT2D eigenvalue weighted by Crippen LogP contribution is 2.33. The van der Waals surface area contributed by atoms with Crippen LogP contribution in [0.15, 0.2) is 47.3 Å². The molecule has 1 fully saturated rings. The topological polar surface area (TPSA) is 86.8 Å². The monoisotopic (exact) mass is 421 g/mol. The number of rotatable bonds is 5. The normalized spacial score (nSPS) is 14.6. The summed E-state index contributed by atoms with van der Waals surface area (Å²) >= 11 is 0. The summed E-state index contributed by atoms with van der Waals surface area (Å²) < 4.78 is 13.1. The number of pyridine rings is 1. The number of carbonyl (C=O) groups is 1. The molecule has 0 atom stereocenters. The van der Waals surface area contributed by atoms with Crippen LogP contribution in [0, 0.1) is 6.92 Å². The van der Waals surface area contributed by atoms with Crippen LogP contribution in [0.2, 0.25) is 0 Å². The highest BCUT2D eigenvalue weighted by atomic mass is 16.5. The Labute approximate surface area is 181 Å². The quantitative estimate of drug-likeness (QED) is 0.684. The molecule has 1 aliphatic rings. The summed E-state index contributed by atoms with van der Waals surface area (Å²) in [7, 11) is 3.29. The summed E-state index contributed by atoms with van der Waals surface area (Å²) in [5.41, 5.74) is 7.80. The number of hydrogen-bond acceptors (Lipinski definition) is 5. The number of amides is 1. The van der Waals surface area contributed by atoms with Gasteiger partial charge in [0, 0.05) is 38.4 Å². The molecule has 0 radical (unpaired) electrons. The van der Waals surface area contributed by atoms with Gasteiger partial charge < -0.3 is 24.7 Å². The third kappa shape index (κ3) is 3.83. The first-order chi connectivity index (χ1) is 14.9. The van der Waals surface area contributed by atoms with Crippen molar-refractivity contribution in [1.82, 2.24) is 4.57 Å². The minimum Gasteiger partial charge on any atom is -0.493 e. The molecule has 0 bridgehead atoms. The Morgan fingerprint density at radius 2 is 1.77 bits per heavy atom. The largest absolute Gasteiger partial charge is 0.493 e. The smallest absolute Gasteiger partial charge is 0.265 e. The number of piperidine rings is 1. The van der Waals surface area contributed by atoms with Crippen LogP contribution in [0.1, 0.15) is 28.8 Å². The van der Waals surface area contributed by atoms with Crippen LogP contribution in [-0.4, -0.2) is 36.8 Å². The van der Waals surface area contributed by atoms with Crippen LogP contribution < -0.4 is 25.7 Å². The molecular formula is C24H27N3O4. The average Bonchev–Trinajstić information content (AvgIpc) is 2.76.